The largest absolute Gasteiger partial charge is 0.480 e. The average molecular weight is 186 g/mol. The van der Waals surface area contributed by atoms with Crippen molar-refractivity contribution in [3.05, 3.63) is 0 Å². The Morgan fingerprint density at radius 3 is 2.46 bits per heavy atom. The summed E-state index contributed by atoms with van der Waals surface area (Å²) in [7, 11) is 0. The minimum atomic E-state index is -0.783. The summed E-state index contributed by atoms with van der Waals surface area (Å²) >= 11 is 0. The first-order valence-corrected chi connectivity index (χ1v) is 4.84. The molecule has 0 aromatic heterocycles. The van der Waals surface area contributed by atoms with E-state index in [4.69, 9.17) is 10.8 Å². The molecule has 1 rings (SSSR count). The normalized spacial score (nSPS) is 31.2. The Bertz CT molecular complexity index is 176. The van der Waals surface area contributed by atoms with Gasteiger partial charge >= 0.3 is 5.97 Å². The standard InChI is InChI=1S/C9H18N2O2/c1-6(9(12)13)11-8-4-2-7(10)3-5-8/h6-8,11H,2-5,10H2,1H3,(H,12,13)/t6-,7?,8?/m1/s1. The Labute approximate surface area is 78.5 Å². The van der Waals surface area contributed by atoms with Gasteiger partial charge in [-0.15, -0.1) is 0 Å². The summed E-state index contributed by atoms with van der Waals surface area (Å²) in [6, 6.07) is 0.211. The van der Waals surface area contributed by atoms with E-state index in [0.717, 1.165) is 25.7 Å². The summed E-state index contributed by atoms with van der Waals surface area (Å²) < 4.78 is 0. The third-order valence-corrected chi connectivity index (χ3v) is 2.63. The molecule has 1 aliphatic carbocycles. The number of hydrogen-bond donors (Lipinski definition) is 3. The van der Waals surface area contributed by atoms with Gasteiger partial charge in [0.05, 0.1) is 0 Å². The van der Waals surface area contributed by atoms with Crippen LogP contribution in [0.15, 0.2) is 0 Å². The highest BCUT2D eigenvalue weighted by molar-refractivity contribution is 5.72. The molecule has 0 saturated heterocycles. The molecule has 1 aliphatic rings. The number of aliphatic carboxylic acids is 1. The van der Waals surface area contributed by atoms with Crippen molar-refractivity contribution in [1.29, 1.82) is 0 Å². The molecule has 76 valence electrons. The van der Waals surface area contributed by atoms with Crippen molar-refractivity contribution in [3.63, 3.8) is 0 Å². The maximum absolute atomic E-state index is 10.6. The summed E-state index contributed by atoms with van der Waals surface area (Å²) in [5.41, 5.74) is 5.74. The van der Waals surface area contributed by atoms with Crippen LogP contribution in [-0.2, 0) is 4.79 Å². The molecule has 0 aromatic carbocycles. The molecule has 1 atom stereocenters. The Kier molecular flexibility index (Phi) is 3.69. The molecule has 0 heterocycles. The highest BCUT2D eigenvalue weighted by atomic mass is 16.4. The van der Waals surface area contributed by atoms with E-state index in [9.17, 15) is 4.79 Å². The number of nitrogens with one attached hydrogen (secondary N) is 1. The summed E-state index contributed by atoms with van der Waals surface area (Å²) in [5, 5.41) is 11.8. The second-order valence-corrected chi connectivity index (χ2v) is 3.84. The summed E-state index contributed by atoms with van der Waals surface area (Å²) in [6.07, 6.45) is 4.01. The molecular weight excluding hydrogens is 168 g/mol. The van der Waals surface area contributed by atoms with Crippen LogP contribution in [0.3, 0.4) is 0 Å². The lowest BCUT2D eigenvalue weighted by Crippen LogP contribution is -2.44. The smallest absolute Gasteiger partial charge is 0.320 e. The summed E-state index contributed by atoms with van der Waals surface area (Å²) in [6.45, 7) is 1.68. The summed E-state index contributed by atoms with van der Waals surface area (Å²) in [5.74, 6) is -0.783. The molecule has 0 spiro atoms. The maximum atomic E-state index is 10.6. The van der Waals surface area contributed by atoms with Gasteiger partial charge in [0.15, 0.2) is 0 Å². The monoisotopic (exact) mass is 186 g/mol. The average Bonchev–Trinajstić information content (AvgIpc) is 2.08. The molecule has 0 aromatic rings. The van der Waals surface area contributed by atoms with Crippen LogP contribution in [0.1, 0.15) is 32.6 Å². The number of rotatable bonds is 3. The van der Waals surface area contributed by atoms with Crippen LogP contribution in [0.4, 0.5) is 0 Å². The van der Waals surface area contributed by atoms with Crippen molar-refractivity contribution in [2.75, 3.05) is 0 Å². The molecule has 0 unspecified atom stereocenters. The molecule has 0 radical (unpaired) electrons. The molecule has 0 amide bonds. The topological polar surface area (TPSA) is 75.3 Å². The van der Waals surface area contributed by atoms with Crippen LogP contribution in [0.25, 0.3) is 0 Å². The molecule has 4 N–H and O–H groups in total. The number of carboxylic acid groups (broad SMARTS) is 1. The van der Waals surface area contributed by atoms with Gasteiger partial charge in [-0.2, -0.15) is 0 Å². The van der Waals surface area contributed by atoms with Crippen LogP contribution >= 0.6 is 0 Å². The van der Waals surface area contributed by atoms with E-state index in [1.807, 2.05) is 0 Å². The molecular formula is C9H18N2O2. The van der Waals surface area contributed by atoms with Gasteiger partial charge in [-0.25, -0.2) is 0 Å². The van der Waals surface area contributed by atoms with E-state index in [1.165, 1.54) is 0 Å². The SMILES string of the molecule is C[C@@H](NC1CCC(N)CC1)C(=O)O. The van der Waals surface area contributed by atoms with Crippen LogP contribution in [0.2, 0.25) is 0 Å². The molecule has 1 fully saturated rings. The Morgan fingerprint density at radius 2 is 2.00 bits per heavy atom. The molecule has 13 heavy (non-hydrogen) atoms. The Hall–Kier alpha value is -0.610. The fourth-order valence-corrected chi connectivity index (χ4v) is 1.71. The first-order chi connectivity index (χ1) is 6.09. The van der Waals surface area contributed by atoms with Crippen LogP contribution in [0.5, 0.6) is 0 Å². The molecule has 1 saturated carbocycles. The number of hydrogen-bond acceptors (Lipinski definition) is 3. The van der Waals surface area contributed by atoms with Gasteiger partial charge in [0.1, 0.15) is 6.04 Å². The maximum Gasteiger partial charge on any atom is 0.320 e. The van der Waals surface area contributed by atoms with E-state index in [2.05, 4.69) is 5.32 Å². The van der Waals surface area contributed by atoms with E-state index in [-0.39, 0.29) is 0 Å². The Balaban J connectivity index is 2.26. The lowest BCUT2D eigenvalue weighted by atomic mass is 9.91. The van der Waals surface area contributed by atoms with E-state index < -0.39 is 12.0 Å². The van der Waals surface area contributed by atoms with Crippen LogP contribution in [-0.4, -0.2) is 29.2 Å². The lowest BCUT2D eigenvalue weighted by molar-refractivity contribution is -0.139. The predicted octanol–water partition coefficient (Wildman–Crippen LogP) is 0.319. The quantitative estimate of drug-likeness (QED) is 0.593. The minimum absolute atomic E-state index is 0.318. The Morgan fingerprint density at radius 1 is 1.46 bits per heavy atom. The zero-order chi connectivity index (χ0) is 9.84. The van der Waals surface area contributed by atoms with Crippen molar-refractivity contribution in [2.24, 2.45) is 5.73 Å². The van der Waals surface area contributed by atoms with Crippen molar-refractivity contribution < 1.29 is 9.90 Å². The number of nitrogens with two attached hydrogens (primary N) is 1. The van der Waals surface area contributed by atoms with E-state index >= 15 is 0 Å². The van der Waals surface area contributed by atoms with Gasteiger partial charge in [0, 0.05) is 12.1 Å². The fraction of sp³-hybridized carbons (Fsp3) is 0.889. The van der Waals surface area contributed by atoms with Gasteiger partial charge in [-0.1, -0.05) is 0 Å². The van der Waals surface area contributed by atoms with Gasteiger partial charge in [-0.3, -0.25) is 4.79 Å². The second-order valence-electron chi connectivity index (χ2n) is 3.84. The molecule has 4 nitrogen and oxygen atoms in total. The minimum Gasteiger partial charge on any atom is -0.480 e. The number of carbonyl (C=O) groups is 1. The highest BCUT2D eigenvalue weighted by Crippen LogP contribution is 2.17. The van der Waals surface area contributed by atoms with Crippen molar-refractivity contribution in [2.45, 2.75) is 50.7 Å². The first kappa shape index (κ1) is 10.5. The lowest BCUT2D eigenvalue weighted by Gasteiger charge is -2.28. The fourth-order valence-electron chi connectivity index (χ4n) is 1.71. The zero-order valence-electron chi connectivity index (χ0n) is 7.99. The summed E-state index contributed by atoms with van der Waals surface area (Å²) in [4.78, 5) is 10.6. The molecule has 0 aliphatic heterocycles. The van der Waals surface area contributed by atoms with Crippen molar-refractivity contribution in [1.82, 2.24) is 5.32 Å². The molecule has 0 bridgehead atoms. The zero-order valence-corrected chi connectivity index (χ0v) is 7.99. The van der Waals surface area contributed by atoms with E-state index in [0.29, 0.717) is 12.1 Å². The van der Waals surface area contributed by atoms with Gasteiger partial charge in [0.25, 0.3) is 0 Å². The van der Waals surface area contributed by atoms with Gasteiger partial charge in [-0.05, 0) is 32.6 Å². The first-order valence-electron chi connectivity index (χ1n) is 4.84. The third kappa shape index (κ3) is 3.32. The van der Waals surface area contributed by atoms with E-state index in [1.54, 1.807) is 6.92 Å². The second kappa shape index (κ2) is 4.58. The van der Waals surface area contributed by atoms with Crippen LogP contribution < -0.4 is 11.1 Å². The van der Waals surface area contributed by atoms with Crippen molar-refractivity contribution in [3.8, 4) is 0 Å². The van der Waals surface area contributed by atoms with Gasteiger partial charge < -0.3 is 16.2 Å². The van der Waals surface area contributed by atoms with Crippen LogP contribution in [0, 0.1) is 0 Å². The molecule has 4 heteroatoms. The van der Waals surface area contributed by atoms with Crippen molar-refractivity contribution >= 4 is 5.97 Å². The number of carboxylic acids is 1. The highest BCUT2D eigenvalue weighted by Gasteiger charge is 2.21. The predicted molar refractivity (Wildman–Crippen MR) is 50.5 cm³/mol. The van der Waals surface area contributed by atoms with Gasteiger partial charge in [0.2, 0.25) is 0 Å². The third-order valence-electron chi connectivity index (χ3n) is 2.63.